The molecule has 0 amide bonds. The van der Waals surface area contributed by atoms with Gasteiger partial charge in [0.1, 0.15) is 11.5 Å². The van der Waals surface area contributed by atoms with Crippen LogP contribution in [0.1, 0.15) is 60.0 Å². The molecule has 0 aliphatic heterocycles. The number of carbonyl (C=O) groups is 2. The van der Waals surface area contributed by atoms with Gasteiger partial charge in [-0.15, -0.1) is 0 Å². The van der Waals surface area contributed by atoms with Crippen molar-refractivity contribution in [2.45, 2.75) is 58.9 Å². The smallest absolute Gasteiger partial charge is 0.374 e. The Morgan fingerprint density at radius 3 is 2.81 bits per heavy atom. The molecule has 138 valence electrons. The predicted molar refractivity (Wildman–Crippen MR) is 95.0 cm³/mol. The van der Waals surface area contributed by atoms with Gasteiger partial charge in [0.05, 0.1) is 12.3 Å². The third kappa shape index (κ3) is 2.97. The lowest BCUT2D eigenvalue weighted by Crippen LogP contribution is -2.19. The average Bonchev–Trinajstić information content (AvgIpc) is 3.17. The van der Waals surface area contributed by atoms with E-state index in [0.717, 1.165) is 54.8 Å². The van der Waals surface area contributed by atoms with Gasteiger partial charge in [0.25, 0.3) is 0 Å². The minimum Gasteiger partial charge on any atom is -0.460 e. The highest BCUT2D eigenvalue weighted by atomic mass is 16.5. The molecule has 2 aliphatic carbocycles. The van der Waals surface area contributed by atoms with Gasteiger partial charge in [-0.2, -0.15) is 5.10 Å². The van der Waals surface area contributed by atoms with Crippen molar-refractivity contribution >= 4 is 11.8 Å². The zero-order chi connectivity index (χ0) is 18.3. The summed E-state index contributed by atoms with van der Waals surface area (Å²) in [6.07, 6.45) is 7.04. The van der Waals surface area contributed by atoms with Crippen LogP contribution in [0.5, 0.6) is 0 Å². The van der Waals surface area contributed by atoms with Crippen molar-refractivity contribution in [3.05, 3.63) is 28.8 Å². The molecule has 0 atom stereocenters. The van der Waals surface area contributed by atoms with Gasteiger partial charge >= 0.3 is 5.97 Å². The van der Waals surface area contributed by atoms with Crippen LogP contribution in [-0.4, -0.2) is 28.1 Å². The van der Waals surface area contributed by atoms with E-state index in [0.29, 0.717) is 36.9 Å². The highest BCUT2D eigenvalue weighted by Crippen LogP contribution is 2.38. The van der Waals surface area contributed by atoms with Crippen molar-refractivity contribution in [1.29, 1.82) is 0 Å². The van der Waals surface area contributed by atoms with Crippen LogP contribution in [-0.2, 0) is 28.9 Å². The van der Waals surface area contributed by atoms with Gasteiger partial charge in [-0.05, 0) is 44.6 Å². The van der Waals surface area contributed by atoms with Gasteiger partial charge in [0.15, 0.2) is 0 Å². The van der Waals surface area contributed by atoms with Crippen molar-refractivity contribution in [1.82, 2.24) is 9.78 Å². The Balaban J connectivity index is 1.60. The molecule has 1 fully saturated rings. The quantitative estimate of drug-likeness (QED) is 0.784. The van der Waals surface area contributed by atoms with Crippen molar-refractivity contribution in [2.75, 3.05) is 6.61 Å². The number of esters is 1. The molecule has 0 N–H and O–H groups in total. The van der Waals surface area contributed by atoms with Crippen molar-refractivity contribution in [2.24, 2.45) is 5.92 Å². The lowest BCUT2D eigenvalue weighted by Gasteiger charge is -2.20. The summed E-state index contributed by atoms with van der Waals surface area (Å²) in [5, 5.41) is 4.80. The number of fused-ring (bicyclic) bond motifs is 3. The number of carbonyl (C=O) groups excluding carboxylic acids is 2. The van der Waals surface area contributed by atoms with E-state index >= 15 is 0 Å². The third-order valence-electron chi connectivity index (χ3n) is 5.48. The van der Waals surface area contributed by atoms with Gasteiger partial charge in [0.2, 0.25) is 5.76 Å². The molecular weight excluding hydrogens is 332 g/mol. The second kappa shape index (κ2) is 6.74. The number of hydrogen-bond donors (Lipinski definition) is 0. The van der Waals surface area contributed by atoms with E-state index in [1.165, 1.54) is 5.56 Å². The Hall–Kier alpha value is -2.37. The van der Waals surface area contributed by atoms with Crippen LogP contribution in [0, 0.1) is 12.8 Å². The van der Waals surface area contributed by atoms with Crippen LogP contribution in [0.3, 0.4) is 0 Å². The van der Waals surface area contributed by atoms with Crippen LogP contribution in [0.4, 0.5) is 0 Å². The van der Waals surface area contributed by atoms with Gasteiger partial charge in [-0.25, -0.2) is 4.79 Å². The first-order chi connectivity index (χ1) is 12.6. The zero-order valence-corrected chi connectivity index (χ0v) is 15.3. The lowest BCUT2D eigenvalue weighted by atomic mass is 9.88. The monoisotopic (exact) mass is 356 g/mol. The first-order valence-corrected chi connectivity index (χ1v) is 9.44. The molecule has 0 aromatic carbocycles. The molecule has 0 saturated heterocycles. The highest BCUT2D eigenvalue weighted by molar-refractivity contribution is 5.91. The summed E-state index contributed by atoms with van der Waals surface area (Å²) in [6.45, 7) is 4.86. The lowest BCUT2D eigenvalue weighted by molar-refractivity contribution is -0.121. The normalized spacial score (nSPS) is 17.1. The molecule has 2 heterocycles. The first kappa shape index (κ1) is 17.1. The van der Waals surface area contributed by atoms with Gasteiger partial charge in [0, 0.05) is 43.1 Å². The fourth-order valence-electron chi connectivity index (χ4n) is 4.10. The van der Waals surface area contributed by atoms with E-state index in [9.17, 15) is 9.59 Å². The number of furan rings is 1. The maximum atomic E-state index is 12.1. The van der Waals surface area contributed by atoms with E-state index in [-0.39, 0.29) is 0 Å². The molecule has 2 aliphatic rings. The molecule has 6 heteroatoms. The Labute approximate surface area is 152 Å². The summed E-state index contributed by atoms with van der Waals surface area (Å²) in [5.41, 5.74) is 3.89. The van der Waals surface area contributed by atoms with E-state index in [2.05, 4.69) is 6.20 Å². The number of ether oxygens (including phenoxy) is 1. The molecule has 6 nitrogen and oxygen atoms in total. The number of aromatic nitrogens is 2. The molecule has 4 rings (SSSR count). The maximum absolute atomic E-state index is 12.1. The Morgan fingerprint density at radius 2 is 2.08 bits per heavy atom. The van der Waals surface area contributed by atoms with E-state index in [1.807, 2.05) is 11.6 Å². The van der Waals surface area contributed by atoms with Crippen molar-refractivity contribution in [3.63, 3.8) is 0 Å². The average molecular weight is 356 g/mol. The summed E-state index contributed by atoms with van der Waals surface area (Å²) in [5.74, 6) is 1.60. The number of nitrogens with zero attached hydrogens (tertiary/aromatic N) is 2. The van der Waals surface area contributed by atoms with Crippen LogP contribution in [0.2, 0.25) is 0 Å². The number of ketones is 1. The summed E-state index contributed by atoms with van der Waals surface area (Å²) in [4.78, 5) is 23.5. The Bertz CT molecular complexity index is 852. The number of Topliss-reactive ketones (excluding diaryl/α,β-unsaturated/α-hetero) is 1. The van der Waals surface area contributed by atoms with Crippen LogP contribution in [0.15, 0.2) is 10.6 Å². The largest absolute Gasteiger partial charge is 0.460 e. The summed E-state index contributed by atoms with van der Waals surface area (Å²) >= 11 is 0. The summed E-state index contributed by atoms with van der Waals surface area (Å²) in [7, 11) is 0. The fraction of sp³-hybridized carbons (Fsp3) is 0.550. The first-order valence-electron chi connectivity index (χ1n) is 9.44. The third-order valence-corrected chi connectivity index (χ3v) is 5.48. The zero-order valence-electron chi connectivity index (χ0n) is 15.3. The van der Waals surface area contributed by atoms with E-state index < -0.39 is 5.97 Å². The maximum Gasteiger partial charge on any atom is 0.374 e. The minimum absolute atomic E-state index is 0.296. The molecular formula is C20H24N2O4. The molecule has 0 bridgehead atoms. The summed E-state index contributed by atoms with van der Waals surface area (Å²) in [6, 6.07) is 0. The molecule has 0 spiro atoms. The van der Waals surface area contributed by atoms with Crippen molar-refractivity contribution < 1.29 is 18.7 Å². The second-order valence-electron chi connectivity index (χ2n) is 7.28. The Kier molecular flexibility index (Phi) is 4.42. The standard InChI is InChI=1S/C20H24N2O4/c1-3-25-20(24)19-12(2)17-16(26-19)9-6-14-11-22(21-18(14)17)10-13-4-7-15(23)8-5-13/h11,13H,3-10H2,1-2H3. The van der Waals surface area contributed by atoms with Gasteiger partial charge in [-0.1, -0.05) is 0 Å². The van der Waals surface area contributed by atoms with Gasteiger partial charge < -0.3 is 9.15 Å². The Morgan fingerprint density at radius 1 is 1.31 bits per heavy atom. The molecule has 2 aromatic heterocycles. The molecule has 1 saturated carbocycles. The van der Waals surface area contributed by atoms with E-state index in [1.54, 1.807) is 6.92 Å². The highest BCUT2D eigenvalue weighted by Gasteiger charge is 2.30. The molecule has 0 unspecified atom stereocenters. The van der Waals surface area contributed by atoms with Crippen LogP contribution >= 0.6 is 0 Å². The minimum atomic E-state index is -0.410. The van der Waals surface area contributed by atoms with E-state index in [4.69, 9.17) is 14.3 Å². The molecule has 0 radical (unpaired) electrons. The number of aryl methyl sites for hydroxylation is 2. The second-order valence-corrected chi connectivity index (χ2v) is 7.28. The fourth-order valence-corrected chi connectivity index (χ4v) is 4.10. The SMILES string of the molecule is CCOC(=O)c1oc2c(c1C)-c1nn(CC3CCC(=O)CC3)cc1CC2. The topological polar surface area (TPSA) is 74.3 Å². The van der Waals surface area contributed by atoms with Crippen LogP contribution < -0.4 is 0 Å². The number of rotatable bonds is 4. The van der Waals surface area contributed by atoms with Crippen molar-refractivity contribution in [3.8, 4) is 11.3 Å². The van der Waals surface area contributed by atoms with Gasteiger partial charge in [-0.3, -0.25) is 9.48 Å². The molecule has 2 aromatic rings. The number of hydrogen-bond acceptors (Lipinski definition) is 5. The molecule has 26 heavy (non-hydrogen) atoms. The predicted octanol–water partition coefficient (Wildman–Crippen LogP) is 3.49. The summed E-state index contributed by atoms with van der Waals surface area (Å²) < 4.78 is 12.9. The van der Waals surface area contributed by atoms with Crippen LogP contribution in [0.25, 0.3) is 11.3 Å².